The number of carbonyl (C=O) groups excluding carboxylic acids is 2. The Balaban J connectivity index is 0.567. The quantitative estimate of drug-likeness (QED) is 0.0587. The van der Waals surface area contributed by atoms with Crippen LogP contribution in [0.1, 0.15) is 108 Å². The summed E-state index contributed by atoms with van der Waals surface area (Å²) < 4.78 is 19.0. The fraction of sp³-hybridized carbons (Fsp3) is 0.525. The molecule has 0 radical (unpaired) electrons. The number of hydrogen-bond acceptors (Lipinski definition) is 19. The summed E-state index contributed by atoms with van der Waals surface area (Å²) >= 11 is 1.50. The molecule has 4 aromatic heterocycles. The molecule has 6 aromatic rings. The van der Waals surface area contributed by atoms with Crippen molar-refractivity contribution in [1.82, 2.24) is 40.4 Å². The summed E-state index contributed by atoms with van der Waals surface area (Å²) in [6.07, 6.45) is 9.62. The normalized spacial score (nSPS) is 24.2. The molecule has 6 atom stereocenters. The number of carbonyl (C=O) groups is 2. The number of aromatic hydroxyl groups is 2. The number of aryl methyl sites for hydroxylation is 1. The van der Waals surface area contributed by atoms with Gasteiger partial charge in [0.05, 0.1) is 51.8 Å². The molecule has 5 saturated heterocycles. The summed E-state index contributed by atoms with van der Waals surface area (Å²) in [5.74, 6) is 1.46. The van der Waals surface area contributed by atoms with Crippen molar-refractivity contribution in [2.75, 3.05) is 72.8 Å². The third kappa shape index (κ3) is 11.7. The Kier molecular flexibility index (Phi) is 16.0. The van der Waals surface area contributed by atoms with E-state index < -0.39 is 30.0 Å². The number of nitrogen functional groups attached to an aromatic ring is 1. The highest BCUT2D eigenvalue weighted by Crippen LogP contribution is 2.42. The predicted octanol–water partition coefficient (Wildman–Crippen LogP) is 7.70. The third-order valence-electron chi connectivity index (χ3n) is 18.0. The lowest BCUT2D eigenvalue weighted by atomic mass is 9.91. The number of aliphatic hydroxyl groups excluding tert-OH is 1. The van der Waals surface area contributed by atoms with Crippen LogP contribution in [0, 0.1) is 18.8 Å². The largest absolute Gasteiger partial charge is 0.508 e. The number of phenolic OH excluding ortho intramolecular Hbond substituents is 2. The van der Waals surface area contributed by atoms with Crippen LogP contribution in [0.3, 0.4) is 0 Å². The number of likely N-dealkylation sites (tertiary alicyclic amines) is 2. The number of piperazine rings is 1. The van der Waals surface area contributed by atoms with Gasteiger partial charge in [0.15, 0.2) is 17.4 Å². The number of amides is 2. The minimum atomic E-state index is -0.887. The first kappa shape index (κ1) is 55.5. The van der Waals surface area contributed by atoms with Crippen LogP contribution >= 0.6 is 11.3 Å². The van der Waals surface area contributed by atoms with Gasteiger partial charge in [0, 0.05) is 119 Å². The van der Waals surface area contributed by atoms with Crippen molar-refractivity contribution in [2.24, 2.45) is 11.8 Å². The monoisotopic (exact) mass is 1140 g/mol. The second-order valence-electron chi connectivity index (χ2n) is 23.9. The number of rotatable bonds is 17. The summed E-state index contributed by atoms with van der Waals surface area (Å²) in [4.78, 5) is 49.4. The van der Waals surface area contributed by atoms with E-state index in [0.717, 1.165) is 125 Å². The first-order valence-electron chi connectivity index (χ1n) is 29.4. The van der Waals surface area contributed by atoms with Crippen molar-refractivity contribution in [2.45, 2.75) is 140 Å². The lowest BCUT2D eigenvalue weighted by Crippen LogP contribution is -2.54. The lowest BCUT2D eigenvalue weighted by molar-refractivity contribution is -0.141. The van der Waals surface area contributed by atoms with Gasteiger partial charge in [0.25, 0.3) is 0 Å². The number of phenols is 2. The van der Waals surface area contributed by atoms with Crippen molar-refractivity contribution in [3.05, 3.63) is 95.5 Å². The number of β-amino-alcohol motifs (C(OH)–C–C–N with tert-alkyl or cyclic N) is 1. The summed E-state index contributed by atoms with van der Waals surface area (Å²) in [6.45, 7) is 14.0. The minimum absolute atomic E-state index is 0.0341. The molecular formula is C61H76N12O8S. The standard InChI is InChI=1S/C61H76N12O8S/c1-35(2)57(61(78)72-33-43(74)25-51(72)60(77)65-36(3)47-12-9-39(23-53(47)76)58-37(4)64-34-82-58)54-29-55(68-81-54)70-21-14-38(15-22-70)30-69-19-16-44(17-20-69)79-45-26-46(27-45)80-56-24-40(13-18-63-56)73-41-10-11-42(73)32-71(31-41)50-28-49(66-67-59(50)62)48-7-5-6-8-52(48)75/h5-9,12-13,18,23-24,28-29,34-36,38,41-46,51,57,74-76H,10-11,14-17,19-22,25-27,30-33H2,1-4H3,(H2,62,67)(H,65,77)/t36-,41+,42?,43+,45?,46?,51-,57-/m0/s1. The zero-order valence-corrected chi connectivity index (χ0v) is 48.0. The Morgan fingerprint density at radius 3 is 2.32 bits per heavy atom. The van der Waals surface area contributed by atoms with Crippen LogP contribution in [-0.2, 0) is 14.3 Å². The Morgan fingerprint density at radius 1 is 0.829 bits per heavy atom. The number of nitrogens with two attached hydrogens (primary N) is 1. The van der Waals surface area contributed by atoms with Gasteiger partial charge in [0.2, 0.25) is 17.7 Å². The number of hydrogen-bond donors (Lipinski definition) is 5. The Morgan fingerprint density at radius 2 is 1.60 bits per heavy atom. The molecule has 6 aliphatic rings. The molecule has 1 aliphatic carbocycles. The molecule has 1 unspecified atom stereocenters. The molecule has 5 aliphatic heterocycles. The van der Waals surface area contributed by atoms with Crippen LogP contribution in [0.5, 0.6) is 17.4 Å². The molecule has 6 fully saturated rings. The lowest BCUT2D eigenvalue weighted by Gasteiger charge is -2.43. The van der Waals surface area contributed by atoms with E-state index in [0.29, 0.717) is 58.1 Å². The first-order valence-corrected chi connectivity index (χ1v) is 30.3. The van der Waals surface area contributed by atoms with Crippen LogP contribution < -0.4 is 30.5 Å². The molecule has 12 rings (SSSR count). The average molecular weight is 1140 g/mol. The molecule has 9 heterocycles. The van der Waals surface area contributed by atoms with Crippen molar-refractivity contribution in [3.8, 4) is 39.1 Å². The van der Waals surface area contributed by atoms with Crippen LogP contribution in [0.25, 0.3) is 21.7 Å². The number of piperidine rings is 2. The molecule has 82 heavy (non-hydrogen) atoms. The Hall–Kier alpha value is -7.07. The number of anilines is 4. The van der Waals surface area contributed by atoms with Crippen LogP contribution in [0.15, 0.2) is 83.0 Å². The maximum atomic E-state index is 14.4. The molecule has 21 heteroatoms. The van der Waals surface area contributed by atoms with Crippen LogP contribution in [0.4, 0.5) is 23.0 Å². The predicted molar refractivity (Wildman–Crippen MR) is 313 cm³/mol. The zero-order chi connectivity index (χ0) is 56.8. The number of aromatic nitrogens is 5. The fourth-order valence-corrected chi connectivity index (χ4v) is 14.3. The third-order valence-corrected chi connectivity index (χ3v) is 19.0. The molecule has 20 nitrogen and oxygen atoms in total. The van der Waals surface area contributed by atoms with E-state index in [4.69, 9.17) is 19.7 Å². The number of para-hydroxylation sites is 1. The van der Waals surface area contributed by atoms with Gasteiger partial charge in [-0.25, -0.2) is 9.97 Å². The van der Waals surface area contributed by atoms with Gasteiger partial charge in [0.1, 0.15) is 29.6 Å². The van der Waals surface area contributed by atoms with E-state index in [1.54, 1.807) is 36.7 Å². The molecule has 6 N–H and O–H groups in total. The van der Waals surface area contributed by atoms with Gasteiger partial charge in [-0.1, -0.05) is 43.3 Å². The number of nitrogens with one attached hydrogen (secondary N) is 1. The maximum Gasteiger partial charge on any atom is 0.243 e. The average Bonchev–Trinajstić information content (AvgIpc) is 3.95. The van der Waals surface area contributed by atoms with Gasteiger partial charge in [-0.2, -0.15) is 0 Å². The second-order valence-corrected chi connectivity index (χ2v) is 24.8. The van der Waals surface area contributed by atoms with Crippen LogP contribution in [-0.4, -0.2) is 157 Å². The van der Waals surface area contributed by atoms with E-state index >= 15 is 0 Å². The summed E-state index contributed by atoms with van der Waals surface area (Å²) in [7, 11) is 0. The molecule has 1 saturated carbocycles. The molecule has 2 aromatic carbocycles. The topological polar surface area (TPSA) is 245 Å². The van der Waals surface area contributed by atoms with Gasteiger partial charge in [-0.15, -0.1) is 21.5 Å². The summed E-state index contributed by atoms with van der Waals surface area (Å²) in [5.41, 5.74) is 13.6. The van der Waals surface area contributed by atoms with E-state index in [1.807, 2.05) is 57.3 Å². The van der Waals surface area contributed by atoms with E-state index in [2.05, 4.69) is 62.4 Å². The molecule has 2 amide bonds. The number of nitrogens with zero attached hydrogens (tertiary/aromatic N) is 10. The highest BCUT2D eigenvalue weighted by atomic mass is 32.1. The number of thiazole rings is 1. The molecular weight excluding hydrogens is 1060 g/mol. The van der Waals surface area contributed by atoms with E-state index in [-0.39, 0.29) is 54.6 Å². The molecule has 2 bridgehead atoms. The van der Waals surface area contributed by atoms with Crippen molar-refractivity contribution in [3.63, 3.8) is 0 Å². The van der Waals surface area contributed by atoms with E-state index in [9.17, 15) is 24.9 Å². The second kappa shape index (κ2) is 23.7. The highest BCUT2D eigenvalue weighted by Gasteiger charge is 2.45. The number of ether oxygens (including phenoxy) is 2. The van der Waals surface area contributed by atoms with Gasteiger partial charge in [-0.3, -0.25) is 9.59 Å². The Labute approximate surface area is 482 Å². The van der Waals surface area contributed by atoms with Crippen molar-refractivity contribution in [1.29, 1.82) is 0 Å². The summed E-state index contributed by atoms with van der Waals surface area (Å²) in [5, 5.41) is 48.3. The number of pyridine rings is 1. The molecule has 0 spiro atoms. The SMILES string of the molecule is Cc1ncsc1-c1ccc([C@H](C)NC(=O)[C@@H]2C[C@@H](O)CN2C(=O)[C@H](c2cc(N3CCC(CN4CCC(OC5CC(Oc6cc(N7C8CC[C@@H]7CN(c7cc(-c9ccccc9O)nnc7N)C8)ccn6)C5)CC4)CC3)no2)C(C)C)c(O)c1. The maximum absolute atomic E-state index is 14.4. The number of benzene rings is 2. The Bertz CT molecular complexity index is 3210. The van der Waals surface area contributed by atoms with E-state index in [1.165, 1.54) is 16.2 Å². The van der Waals surface area contributed by atoms with Crippen LogP contribution in [0.2, 0.25) is 0 Å². The van der Waals surface area contributed by atoms with Crippen molar-refractivity contribution >= 4 is 46.2 Å². The van der Waals surface area contributed by atoms with Gasteiger partial charge >= 0.3 is 0 Å². The van der Waals surface area contributed by atoms with Gasteiger partial charge < -0.3 is 64.9 Å². The first-order chi connectivity index (χ1) is 39.7. The fourth-order valence-electron chi connectivity index (χ4n) is 13.5. The minimum Gasteiger partial charge on any atom is -0.508 e. The summed E-state index contributed by atoms with van der Waals surface area (Å²) in [6, 6.07) is 19.7. The zero-order valence-electron chi connectivity index (χ0n) is 47.2. The highest BCUT2D eigenvalue weighted by molar-refractivity contribution is 7.13. The number of fused-ring (bicyclic) bond motifs is 2. The number of aliphatic hydroxyl groups is 1. The smallest absolute Gasteiger partial charge is 0.243 e. The van der Waals surface area contributed by atoms with Crippen molar-refractivity contribution < 1.29 is 38.9 Å². The van der Waals surface area contributed by atoms with Gasteiger partial charge in [-0.05, 0) is 100 Å². The molecule has 434 valence electrons.